The Hall–Kier alpha value is -0.400. The molecule has 1 saturated heterocycles. The Kier molecular flexibility index (Phi) is 5.63. The Morgan fingerprint density at radius 3 is 2.55 bits per heavy atom. The maximum Gasteiger partial charge on any atom is 0.309 e. The smallest absolute Gasteiger partial charge is 0.309 e. The summed E-state index contributed by atoms with van der Waals surface area (Å²) >= 11 is 8.20. The van der Waals surface area contributed by atoms with Crippen molar-refractivity contribution in [1.82, 2.24) is 4.90 Å². The lowest BCUT2D eigenvalue weighted by Gasteiger charge is -2.30. The van der Waals surface area contributed by atoms with Crippen LogP contribution in [0.3, 0.4) is 0 Å². The molecule has 2 heterocycles. The standard InChI is InChI=1S/C13H15Br2NO3S/c1-2-19-13(18)8-3-5-16(6-4-8)12(17)10-7-9(14)11(15)20-10/h7-8H,2-6H2,1H3. The first-order valence-corrected chi connectivity index (χ1v) is 8.84. The topological polar surface area (TPSA) is 46.6 Å². The molecule has 0 spiro atoms. The van der Waals surface area contributed by atoms with Gasteiger partial charge in [0.05, 0.1) is 21.2 Å². The summed E-state index contributed by atoms with van der Waals surface area (Å²) in [6.45, 7) is 3.43. The molecule has 1 aromatic heterocycles. The van der Waals surface area contributed by atoms with Crippen molar-refractivity contribution in [2.24, 2.45) is 5.92 Å². The maximum atomic E-state index is 12.3. The summed E-state index contributed by atoms with van der Waals surface area (Å²) in [6.07, 6.45) is 1.36. The number of thiophene rings is 1. The molecule has 110 valence electrons. The first kappa shape index (κ1) is 16.0. The lowest BCUT2D eigenvalue weighted by molar-refractivity contribution is -0.149. The highest BCUT2D eigenvalue weighted by Crippen LogP contribution is 2.33. The van der Waals surface area contributed by atoms with Gasteiger partial charge in [-0.25, -0.2) is 0 Å². The molecule has 2 rings (SSSR count). The quantitative estimate of drug-likeness (QED) is 0.695. The van der Waals surface area contributed by atoms with E-state index in [4.69, 9.17) is 4.74 Å². The van der Waals surface area contributed by atoms with Gasteiger partial charge in [-0.1, -0.05) is 0 Å². The van der Waals surface area contributed by atoms with Crippen molar-refractivity contribution >= 4 is 55.1 Å². The van der Waals surface area contributed by atoms with Crippen LogP contribution in [0.4, 0.5) is 0 Å². The van der Waals surface area contributed by atoms with Gasteiger partial charge in [-0.15, -0.1) is 11.3 Å². The van der Waals surface area contributed by atoms with Crippen LogP contribution < -0.4 is 0 Å². The number of hydrogen-bond donors (Lipinski definition) is 0. The zero-order chi connectivity index (χ0) is 14.7. The number of amides is 1. The minimum absolute atomic E-state index is 0.0312. The zero-order valence-electron chi connectivity index (χ0n) is 11.0. The van der Waals surface area contributed by atoms with Crippen LogP contribution in [0.15, 0.2) is 14.3 Å². The lowest BCUT2D eigenvalue weighted by atomic mass is 9.97. The summed E-state index contributed by atoms with van der Waals surface area (Å²) in [7, 11) is 0. The van der Waals surface area contributed by atoms with E-state index in [-0.39, 0.29) is 17.8 Å². The van der Waals surface area contributed by atoms with E-state index < -0.39 is 0 Å². The minimum atomic E-state index is -0.138. The number of carbonyl (C=O) groups is 2. The molecule has 0 unspecified atom stereocenters. The number of ether oxygens (including phenoxy) is 1. The summed E-state index contributed by atoms with van der Waals surface area (Å²) in [5.74, 6) is -0.175. The molecule has 1 aliphatic rings. The molecule has 0 bridgehead atoms. The van der Waals surface area contributed by atoms with Crippen LogP contribution in [0.5, 0.6) is 0 Å². The Labute approximate surface area is 138 Å². The fraction of sp³-hybridized carbons (Fsp3) is 0.538. The van der Waals surface area contributed by atoms with Gasteiger partial charge >= 0.3 is 5.97 Å². The van der Waals surface area contributed by atoms with Crippen LogP contribution in [0.2, 0.25) is 0 Å². The van der Waals surface area contributed by atoms with Crippen molar-refractivity contribution in [2.75, 3.05) is 19.7 Å². The van der Waals surface area contributed by atoms with Gasteiger partial charge in [0.25, 0.3) is 5.91 Å². The molecule has 4 nitrogen and oxygen atoms in total. The number of esters is 1. The second-order valence-electron chi connectivity index (χ2n) is 4.55. The number of nitrogens with zero attached hydrogens (tertiary/aromatic N) is 1. The summed E-state index contributed by atoms with van der Waals surface area (Å²) in [4.78, 5) is 26.5. The van der Waals surface area contributed by atoms with Crippen LogP contribution in [0, 0.1) is 5.92 Å². The van der Waals surface area contributed by atoms with Crippen LogP contribution in [-0.4, -0.2) is 36.5 Å². The third kappa shape index (κ3) is 3.62. The molecule has 0 aliphatic carbocycles. The van der Waals surface area contributed by atoms with E-state index in [0.717, 1.165) is 8.26 Å². The van der Waals surface area contributed by atoms with Gasteiger partial charge in [0.15, 0.2) is 0 Å². The zero-order valence-corrected chi connectivity index (χ0v) is 15.0. The van der Waals surface area contributed by atoms with Crippen molar-refractivity contribution in [3.05, 3.63) is 19.2 Å². The molecule has 1 fully saturated rings. The minimum Gasteiger partial charge on any atom is -0.466 e. The molecule has 1 aromatic rings. The highest BCUT2D eigenvalue weighted by molar-refractivity contribution is 9.13. The maximum absolute atomic E-state index is 12.3. The second kappa shape index (κ2) is 7.04. The van der Waals surface area contributed by atoms with Gasteiger partial charge < -0.3 is 9.64 Å². The average molecular weight is 425 g/mol. The summed E-state index contributed by atoms with van der Waals surface area (Å²) in [5, 5.41) is 0. The van der Waals surface area contributed by atoms with Crippen LogP contribution in [0.25, 0.3) is 0 Å². The number of piperidine rings is 1. The largest absolute Gasteiger partial charge is 0.466 e. The van der Waals surface area contributed by atoms with Gasteiger partial charge in [-0.3, -0.25) is 9.59 Å². The van der Waals surface area contributed by atoms with E-state index in [0.29, 0.717) is 37.4 Å². The van der Waals surface area contributed by atoms with Gasteiger partial charge in [-0.05, 0) is 57.7 Å². The Morgan fingerprint density at radius 1 is 1.40 bits per heavy atom. The highest BCUT2D eigenvalue weighted by atomic mass is 79.9. The summed E-state index contributed by atoms with van der Waals surface area (Å²) in [6, 6.07) is 1.83. The normalized spacial score (nSPS) is 16.2. The van der Waals surface area contributed by atoms with E-state index in [1.165, 1.54) is 11.3 Å². The van der Waals surface area contributed by atoms with Crippen molar-refractivity contribution < 1.29 is 14.3 Å². The molecule has 20 heavy (non-hydrogen) atoms. The third-order valence-electron chi connectivity index (χ3n) is 3.26. The fourth-order valence-corrected chi connectivity index (χ4v) is 4.19. The first-order valence-electron chi connectivity index (χ1n) is 6.43. The molecule has 1 amide bonds. The van der Waals surface area contributed by atoms with Crippen LogP contribution in [0.1, 0.15) is 29.4 Å². The van der Waals surface area contributed by atoms with E-state index >= 15 is 0 Å². The molecule has 7 heteroatoms. The predicted octanol–water partition coefficient (Wildman–Crippen LogP) is 3.69. The lowest BCUT2D eigenvalue weighted by Crippen LogP contribution is -2.40. The van der Waals surface area contributed by atoms with E-state index in [2.05, 4.69) is 31.9 Å². The monoisotopic (exact) mass is 423 g/mol. The van der Waals surface area contributed by atoms with Gasteiger partial charge in [-0.2, -0.15) is 0 Å². The Bertz CT molecular complexity index is 490. The van der Waals surface area contributed by atoms with Crippen molar-refractivity contribution in [3.63, 3.8) is 0 Å². The van der Waals surface area contributed by atoms with Crippen LogP contribution >= 0.6 is 43.2 Å². The SMILES string of the molecule is CCOC(=O)C1CCN(C(=O)c2cc(Br)c(Br)s2)CC1. The fourth-order valence-electron chi connectivity index (χ4n) is 2.19. The number of halogens is 2. The van der Waals surface area contributed by atoms with Gasteiger partial charge in [0.1, 0.15) is 0 Å². The molecule has 0 saturated carbocycles. The van der Waals surface area contributed by atoms with Crippen LogP contribution in [-0.2, 0) is 9.53 Å². The van der Waals surface area contributed by atoms with Gasteiger partial charge in [0, 0.05) is 17.6 Å². The van der Waals surface area contributed by atoms with E-state index in [9.17, 15) is 9.59 Å². The predicted molar refractivity (Wildman–Crippen MR) is 85.0 cm³/mol. The number of rotatable bonds is 3. The summed E-state index contributed by atoms with van der Waals surface area (Å²) in [5.41, 5.74) is 0. The van der Waals surface area contributed by atoms with Gasteiger partial charge in [0.2, 0.25) is 0 Å². The second-order valence-corrected chi connectivity index (χ2v) is 7.78. The Morgan fingerprint density at radius 2 is 2.05 bits per heavy atom. The highest BCUT2D eigenvalue weighted by Gasteiger charge is 2.29. The molecular weight excluding hydrogens is 410 g/mol. The van der Waals surface area contributed by atoms with E-state index in [1.807, 2.05) is 13.0 Å². The molecular formula is C13H15Br2NO3S. The summed E-state index contributed by atoms with van der Waals surface area (Å²) < 4.78 is 6.84. The molecule has 0 atom stereocenters. The molecule has 0 aromatic carbocycles. The molecule has 0 radical (unpaired) electrons. The number of hydrogen-bond acceptors (Lipinski definition) is 4. The first-order chi connectivity index (χ1) is 9.52. The molecule has 0 N–H and O–H groups in total. The van der Waals surface area contributed by atoms with Crippen molar-refractivity contribution in [2.45, 2.75) is 19.8 Å². The van der Waals surface area contributed by atoms with Crippen molar-refractivity contribution in [1.29, 1.82) is 0 Å². The Balaban J connectivity index is 1.93. The number of likely N-dealkylation sites (tertiary alicyclic amines) is 1. The third-order valence-corrected chi connectivity index (χ3v) is 6.50. The van der Waals surface area contributed by atoms with Crippen molar-refractivity contribution in [3.8, 4) is 0 Å². The average Bonchev–Trinajstić information content (AvgIpc) is 2.78. The molecule has 1 aliphatic heterocycles. The van der Waals surface area contributed by atoms with E-state index in [1.54, 1.807) is 4.90 Å². The number of carbonyl (C=O) groups excluding carboxylic acids is 2.